The van der Waals surface area contributed by atoms with Crippen LogP contribution in [0, 0.1) is 0 Å². The molecular formula is C18H40Si2. The molecule has 0 spiro atoms. The molecule has 0 nitrogen and oxygen atoms in total. The minimum absolute atomic E-state index is 1.00. The Morgan fingerprint density at radius 1 is 0.550 bits per heavy atom. The van der Waals surface area contributed by atoms with Crippen LogP contribution in [-0.2, 0) is 0 Å². The van der Waals surface area contributed by atoms with Crippen LogP contribution in [-0.4, -0.2) is 16.1 Å². The maximum absolute atomic E-state index is 2.53. The Labute approximate surface area is 131 Å². The van der Waals surface area contributed by atoms with Gasteiger partial charge in [0.05, 0.1) is 16.1 Å². The molecule has 0 N–H and O–H groups in total. The van der Waals surface area contributed by atoms with Gasteiger partial charge in [-0.25, -0.2) is 0 Å². The highest BCUT2D eigenvalue weighted by Gasteiger charge is 2.49. The van der Waals surface area contributed by atoms with Gasteiger partial charge in [-0.05, 0) is 11.1 Å². The summed E-state index contributed by atoms with van der Waals surface area (Å²) in [6, 6.07) is 9.27. The Morgan fingerprint density at radius 3 is 1.00 bits per heavy atom. The average Bonchev–Trinajstić information content (AvgIpc) is 2.53. The zero-order valence-electron chi connectivity index (χ0n) is 15.2. The molecule has 20 heavy (non-hydrogen) atoms. The van der Waals surface area contributed by atoms with E-state index in [0.717, 1.165) is 0 Å². The average molecular weight is 313 g/mol. The molecule has 1 rings (SSSR count). The van der Waals surface area contributed by atoms with Crippen molar-refractivity contribution in [1.82, 2.24) is 0 Å². The van der Waals surface area contributed by atoms with Crippen molar-refractivity contribution in [3.05, 3.63) is 0 Å². The summed E-state index contributed by atoms with van der Waals surface area (Å²) in [6.07, 6.45) is 6.28. The molecule has 1 aliphatic carbocycles. The molecule has 0 heterocycles. The summed E-state index contributed by atoms with van der Waals surface area (Å²) in [5.74, 6) is 0. The first-order valence-electron chi connectivity index (χ1n) is 9.59. The molecular weight excluding hydrogens is 272 g/mol. The number of hydrogen-bond donors (Lipinski definition) is 0. The molecule has 0 amide bonds. The van der Waals surface area contributed by atoms with E-state index in [4.69, 9.17) is 0 Å². The first-order valence-corrected chi connectivity index (χ1v) is 15.0. The SMILES string of the molecule is CC[Si](CC)(CC)[C@H]1CCCC[C@@H]1[Si](CC)(CC)CC. The van der Waals surface area contributed by atoms with Crippen LogP contribution < -0.4 is 0 Å². The highest BCUT2D eigenvalue weighted by Crippen LogP contribution is 2.56. The predicted octanol–water partition coefficient (Wildman–Crippen LogP) is 7.32. The number of rotatable bonds is 8. The normalized spacial score (nSPS) is 24.9. The van der Waals surface area contributed by atoms with Gasteiger partial charge in [-0.2, -0.15) is 0 Å². The lowest BCUT2D eigenvalue weighted by molar-refractivity contribution is 0.472. The second-order valence-corrected chi connectivity index (χ2v) is 18.5. The molecule has 0 aromatic heterocycles. The van der Waals surface area contributed by atoms with E-state index in [1.165, 1.54) is 23.9 Å². The Balaban J connectivity index is 3.13. The van der Waals surface area contributed by atoms with Gasteiger partial charge in [-0.3, -0.25) is 0 Å². The van der Waals surface area contributed by atoms with Crippen LogP contribution in [0.15, 0.2) is 0 Å². The fourth-order valence-corrected chi connectivity index (χ4v) is 17.6. The summed E-state index contributed by atoms with van der Waals surface area (Å²) in [7, 11) is -2.01. The van der Waals surface area contributed by atoms with Gasteiger partial charge in [0.15, 0.2) is 0 Å². The maximum Gasteiger partial charge on any atom is 0.0558 e. The van der Waals surface area contributed by atoms with E-state index < -0.39 is 16.1 Å². The van der Waals surface area contributed by atoms with E-state index in [0.29, 0.717) is 0 Å². The van der Waals surface area contributed by atoms with E-state index in [1.54, 1.807) is 49.1 Å². The third-order valence-corrected chi connectivity index (χ3v) is 20.9. The zero-order chi connectivity index (χ0) is 15.2. The molecule has 0 aliphatic heterocycles. The van der Waals surface area contributed by atoms with E-state index in [1.807, 2.05) is 0 Å². The quantitative estimate of drug-likeness (QED) is 0.412. The molecule has 1 fully saturated rings. The van der Waals surface area contributed by atoms with Gasteiger partial charge in [-0.1, -0.05) is 103 Å². The van der Waals surface area contributed by atoms with Crippen molar-refractivity contribution in [2.45, 2.75) is 115 Å². The van der Waals surface area contributed by atoms with Crippen molar-refractivity contribution in [3.63, 3.8) is 0 Å². The summed E-state index contributed by atoms with van der Waals surface area (Å²) in [5.41, 5.74) is 2.37. The second kappa shape index (κ2) is 8.17. The molecule has 2 atom stereocenters. The molecule has 0 saturated heterocycles. The van der Waals surface area contributed by atoms with Gasteiger partial charge in [0.25, 0.3) is 0 Å². The van der Waals surface area contributed by atoms with Crippen molar-refractivity contribution in [1.29, 1.82) is 0 Å². The third kappa shape index (κ3) is 3.26. The van der Waals surface area contributed by atoms with Crippen LogP contribution in [0.5, 0.6) is 0 Å². The second-order valence-electron chi connectivity index (χ2n) is 7.34. The highest BCUT2D eigenvalue weighted by atomic mass is 28.3. The smallest absolute Gasteiger partial charge is 0.0558 e. The van der Waals surface area contributed by atoms with Crippen molar-refractivity contribution >= 4 is 16.1 Å². The van der Waals surface area contributed by atoms with E-state index >= 15 is 0 Å². The van der Waals surface area contributed by atoms with Crippen LogP contribution in [0.25, 0.3) is 0 Å². The van der Waals surface area contributed by atoms with E-state index in [9.17, 15) is 0 Å². The first-order chi connectivity index (χ1) is 9.59. The summed E-state index contributed by atoms with van der Waals surface area (Å²) >= 11 is 0. The highest BCUT2D eigenvalue weighted by molar-refractivity contribution is 6.86. The van der Waals surface area contributed by atoms with Crippen LogP contribution in [0.4, 0.5) is 0 Å². The predicted molar refractivity (Wildman–Crippen MR) is 100 cm³/mol. The molecule has 0 aromatic rings. The van der Waals surface area contributed by atoms with E-state index in [-0.39, 0.29) is 0 Å². The summed E-state index contributed by atoms with van der Waals surface area (Å²) in [4.78, 5) is 0. The molecule has 1 aliphatic rings. The largest absolute Gasteiger partial charge is 0.0678 e. The zero-order valence-corrected chi connectivity index (χ0v) is 17.2. The van der Waals surface area contributed by atoms with Crippen molar-refractivity contribution < 1.29 is 0 Å². The minimum Gasteiger partial charge on any atom is -0.0678 e. The van der Waals surface area contributed by atoms with Gasteiger partial charge in [0.1, 0.15) is 0 Å². The summed E-state index contributed by atoms with van der Waals surface area (Å²) in [5, 5.41) is 0. The van der Waals surface area contributed by atoms with Crippen LogP contribution in [0.3, 0.4) is 0 Å². The lowest BCUT2D eigenvalue weighted by Crippen LogP contribution is -2.49. The summed E-state index contributed by atoms with van der Waals surface area (Å²) < 4.78 is 0. The molecule has 0 aromatic carbocycles. The lowest BCUT2D eigenvalue weighted by Gasteiger charge is -2.51. The van der Waals surface area contributed by atoms with Crippen molar-refractivity contribution in [2.24, 2.45) is 0 Å². The van der Waals surface area contributed by atoms with Gasteiger partial charge in [0.2, 0.25) is 0 Å². The van der Waals surface area contributed by atoms with Crippen LogP contribution in [0.2, 0.25) is 47.3 Å². The Hall–Kier alpha value is 0.434. The van der Waals surface area contributed by atoms with E-state index in [2.05, 4.69) is 41.5 Å². The lowest BCUT2D eigenvalue weighted by atomic mass is 9.99. The Morgan fingerprint density at radius 2 is 0.800 bits per heavy atom. The standard InChI is InChI=1S/C18H40Si2/c1-7-19(8-2,9-3)17-15-13-14-16-18(17)20(10-4,11-5)12-6/h17-18H,7-16H2,1-6H3/t17-,18-/m0/s1. The molecule has 0 radical (unpaired) electrons. The number of hydrogen-bond acceptors (Lipinski definition) is 0. The van der Waals surface area contributed by atoms with Crippen LogP contribution >= 0.6 is 0 Å². The molecule has 1 saturated carbocycles. The van der Waals surface area contributed by atoms with Crippen LogP contribution in [0.1, 0.15) is 67.2 Å². The molecule has 0 bridgehead atoms. The monoisotopic (exact) mass is 312 g/mol. The Kier molecular flexibility index (Phi) is 7.55. The molecule has 0 unspecified atom stereocenters. The fourth-order valence-electron chi connectivity index (χ4n) is 5.67. The van der Waals surface area contributed by atoms with Gasteiger partial charge < -0.3 is 0 Å². The maximum atomic E-state index is 2.53. The molecule has 2 heteroatoms. The third-order valence-electron chi connectivity index (χ3n) is 7.56. The summed E-state index contributed by atoms with van der Waals surface area (Å²) in [6.45, 7) is 15.2. The topological polar surface area (TPSA) is 0 Å². The van der Waals surface area contributed by atoms with Gasteiger partial charge in [-0.15, -0.1) is 0 Å². The van der Waals surface area contributed by atoms with Crippen molar-refractivity contribution in [2.75, 3.05) is 0 Å². The Bertz CT molecular complexity index is 222. The fraction of sp³-hybridized carbons (Fsp3) is 1.00. The van der Waals surface area contributed by atoms with Gasteiger partial charge >= 0.3 is 0 Å². The minimum atomic E-state index is -1.00. The molecule has 120 valence electrons. The first kappa shape index (κ1) is 18.5. The van der Waals surface area contributed by atoms with Gasteiger partial charge in [0, 0.05) is 0 Å². The van der Waals surface area contributed by atoms with Crippen molar-refractivity contribution in [3.8, 4) is 0 Å².